The molecule has 4 rings (SSSR count). The fourth-order valence-corrected chi connectivity index (χ4v) is 5.11. The number of fused-ring (bicyclic) bond motifs is 1. The van der Waals surface area contributed by atoms with Crippen LogP contribution in [0.25, 0.3) is 17.5 Å². The maximum absolute atomic E-state index is 14.7. The normalized spacial score (nSPS) is 16.0. The average molecular weight is 487 g/mol. The zero-order valence-corrected chi connectivity index (χ0v) is 18.2. The van der Waals surface area contributed by atoms with E-state index in [-0.39, 0.29) is 47.3 Å². The number of allylic oxidation sites excluding steroid dienone is 1. The Labute approximate surface area is 193 Å². The van der Waals surface area contributed by atoms with E-state index in [1.807, 2.05) is 12.1 Å². The third kappa shape index (κ3) is 3.30. The van der Waals surface area contributed by atoms with Crippen LogP contribution in [0.2, 0.25) is 10.0 Å². The molecule has 2 N–H and O–H groups in total. The summed E-state index contributed by atoms with van der Waals surface area (Å²) < 4.78 is 30.1. The van der Waals surface area contributed by atoms with Crippen LogP contribution in [-0.4, -0.2) is 4.57 Å². The third-order valence-corrected chi connectivity index (χ3v) is 6.72. The van der Waals surface area contributed by atoms with Gasteiger partial charge in [0.15, 0.2) is 0 Å². The molecule has 3 aromatic rings. The number of benzene rings is 2. The average Bonchev–Trinajstić information content (AvgIpc) is 3.07. The van der Waals surface area contributed by atoms with Gasteiger partial charge in [0.25, 0.3) is 5.56 Å². The van der Waals surface area contributed by atoms with Crippen molar-refractivity contribution in [3.05, 3.63) is 94.3 Å². The Bertz CT molecular complexity index is 1550. The highest BCUT2D eigenvalue weighted by molar-refractivity contribution is 7.07. The molecule has 0 bridgehead atoms. The number of nitriles is 2. The van der Waals surface area contributed by atoms with Crippen LogP contribution >= 0.6 is 34.5 Å². The van der Waals surface area contributed by atoms with Crippen LogP contribution in [0.3, 0.4) is 0 Å². The minimum atomic E-state index is -1.21. The van der Waals surface area contributed by atoms with Crippen LogP contribution < -0.4 is 20.5 Å². The maximum Gasteiger partial charge on any atom is 0.274 e. The predicted molar refractivity (Wildman–Crippen MR) is 119 cm³/mol. The molecule has 5 nitrogen and oxygen atoms in total. The van der Waals surface area contributed by atoms with Crippen molar-refractivity contribution in [3.63, 3.8) is 0 Å². The van der Waals surface area contributed by atoms with Crippen molar-refractivity contribution in [1.82, 2.24) is 4.57 Å². The van der Waals surface area contributed by atoms with Crippen LogP contribution in [0.1, 0.15) is 17.0 Å². The Morgan fingerprint density at radius 2 is 1.66 bits per heavy atom. The fourth-order valence-electron chi connectivity index (χ4n) is 3.51. The van der Waals surface area contributed by atoms with E-state index in [1.165, 1.54) is 36.4 Å². The summed E-state index contributed by atoms with van der Waals surface area (Å²) in [4.78, 5) is 13.1. The summed E-state index contributed by atoms with van der Waals surface area (Å²) in [5, 5.41) is 19.7. The molecule has 158 valence electrons. The van der Waals surface area contributed by atoms with Gasteiger partial charge in [0.1, 0.15) is 22.1 Å². The summed E-state index contributed by atoms with van der Waals surface area (Å²) >= 11 is 13.1. The van der Waals surface area contributed by atoms with Crippen molar-refractivity contribution in [3.8, 4) is 12.1 Å². The molecule has 0 fully saturated rings. The highest BCUT2D eigenvalue weighted by atomic mass is 35.5. The van der Waals surface area contributed by atoms with Crippen molar-refractivity contribution in [2.24, 2.45) is 5.73 Å². The smallest absolute Gasteiger partial charge is 0.274 e. The third-order valence-electron chi connectivity index (χ3n) is 4.95. The maximum atomic E-state index is 14.7. The lowest BCUT2D eigenvalue weighted by atomic mass is 9.84. The zero-order valence-electron chi connectivity index (χ0n) is 15.9. The fraction of sp³-hybridized carbons (Fsp3) is 0.0455. The van der Waals surface area contributed by atoms with Gasteiger partial charge in [-0.05, 0) is 30.3 Å². The minimum absolute atomic E-state index is 0.000535. The van der Waals surface area contributed by atoms with Gasteiger partial charge in [-0.2, -0.15) is 10.5 Å². The lowest BCUT2D eigenvalue weighted by Gasteiger charge is -2.23. The molecule has 0 saturated heterocycles. The van der Waals surface area contributed by atoms with Crippen LogP contribution in [0.5, 0.6) is 0 Å². The molecule has 2 aromatic carbocycles. The highest BCUT2D eigenvalue weighted by Crippen LogP contribution is 2.40. The second-order valence-electron chi connectivity index (χ2n) is 6.70. The molecule has 1 aromatic heterocycles. The number of thiazole rings is 1. The number of aromatic nitrogens is 1. The molecule has 1 aliphatic rings. The molecule has 1 aliphatic heterocycles. The summed E-state index contributed by atoms with van der Waals surface area (Å²) in [7, 11) is 0. The van der Waals surface area contributed by atoms with Crippen molar-refractivity contribution in [2.45, 2.75) is 5.92 Å². The summed E-state index contributed by atoms with van der Waals surface area (Å²) in [6.07, 6.45) is 1.25. The van der Waals surface area contributed by atoms with Gasteiger partial charge in [0.05, 0.1) is 38.8 Å². The number of hydrogen-bond acceptors (Lipinski definition) is 5. The first-order valence-corrected chi connectivity index (χ1v) is 10.5. The van der Waals surface area contributed by atoms with E-state index in [1.54, 1.807) is 0 Å². The van der Waals surface area contributed by atoms with Crippen LogP contribution in [-0.2, 0) is 0 Å². The Morgan fingerprint density at radius 3 is 2.25 bits per heavy atom. The summed E-state index contributed by atoms with van der Waals surface area (Å²) in [6.45, 7) is 0. The number of nitrogens with zero attached hydrogens (tertiary/aromatic N) is 3. The van der Waals surface area contributed by atoms with E-state index < -0.39 is 23.1 Å². The van der Waals surface area contributed by atoms with Crippen LogP contribution in [0.4, 0.5) is 8.78 Å². The van der Waals surface area contributed by atoms with Gasteiger partial charge < -0.3 is 5.73 Å². The van der Waals surface area contributed by atoms with Gasteiger partial charge in [0, 0.05) is 16.1 Å². The van der Waals surface area contributed by atoms with Gasteiger partial charge in [-0.1, -0.05) is 35.3 Å². The molecular formula is C22H10Cl2F2N4OS. The molecule has 0 spiro atoms. The molecule has 0 unspecified atom stereocenters. The second-order valence-corrected chi connectivity index (χ2v) is 8.54. The van der Waals surface area contributed by atoms with Crippen molar-refractivity contribution < 1.29 is 8.78 Å². The molecular weight excluding hydrogens is 477 g/mol. The standard InChI is InChI=1S/C22H10Cl2F2N4OS/c23-13-3-1-5-15(25)10(13)7-17-21(31)30-20(29)11(8-27)18(12(9-28)22(30)32-17)19-14(24)4-2-6-16(19)26/h1-7,18H,29H2/b17-7-/t18-/m1/s1. The number of rotatable bonds is 2. The van der Waals surface area contributed by atoms with Crippen molar-refractivity contribution in [1.29, 1.82) is 10.5 Å². The van der Waals surface area contributed by atoms with E-state index in [2.05, 4.69) is 0 Å². The van der Waals surface area contributed by atoms with Crippen LogP contribution in [0.15, 0.2) is 46.8 Å². The molecule has 0 aliphatic carbocycles. The van der Waals surface area contributed by atoms with Crippen molar-refractivity contribution >= 4 is 52.0 Å². The minimum Gasteiger partial charge on any atom is -0.384 e. The molecule has 1 atom stereocenters. The lowest BCUT2D eigenvalue weighted by molar-refractivity contribution is 0.609. The second kappa shape index (κ2) is 8.25. The van der Waals surface area contributed by atoms with Gasteiger partial charge >= 0.3 is 0 Å². The highest BCUT2D eigenvalue weighted by Gasteiger charge is 2.35. The summed E-state index contributed by atoms with van der Waals surface area (Å²) in [5.74, 6) is -2.84. The number of nitrogens with two attached hydrogens (primary N) is 1. The monoisotopic (exact) mass is 486 g/mol. The van der Waals surface area contributed by atoms with E-state index >= 15 is 0 Å². The van der Waals surface area contributed by atoms with Gasteiger partial charge in [-0.25, -0.2) is 8.78 Å². The number of hydrogen-bond donors (Lipinski definition) is 1. The van der Waals surface area contributed by atoms with Gasteiger partial charge in [-0.15, -0.1) is 11.3 Å². The molecule has 10 heteroatoms. The largest absolute Gasteiger partial charge is 0.384 e. The summed E-state index contributed by atoms with van der Waals surface area (Å²) in [5.41, 5.74) is 5.08. The molecule has 2 heterocycles. The van der Waals surface area contributed by atoms with Crippen molar-refractivity contribution in [2.75, 3.05) is 0 Å². The SMILES string of the molecule is N#CC1=C(N)n2c(s/c(=C\c3c(F)cccc3Cl)c2=O)=C(C#N)[C@@H]1c1c(F)cccc1Cl. The zero-order chi connectivity index (χ0) is 23.2. The van der Waals surface area contributed by atoms with E-state index in [4.69, 9.17) is 28.9 Å². The first-order valence-electron chi connectivity index (χ1n) is 8.96. The van der Waals surface area contributed by atoms with E-state index in [0.29, 0.717) is 0 Å². The molecule has 32 heavy (non-hydrogen) atoms. The van der Waals surface area contributed by atoms with Crippen LogP contribution in [0, 0.1) is 34.3 Å². The topological polar surface area (TPSA) is 95.6 Å². The number of halogens is 4. The van der Waals surface area contributed by atoms with Gasteiger partial charge in [-0.3, -0.25) is 9.36 Å². The Kier molecular flexibility index (Phi) is 5.62. The molecule has 0 saturated carbocycles. The molecule has 0 amide bonds. The Hall–Kier alpha value is -3.43. The van der Waals surface area contributed by atoms with Gasteiger partial charge in [0.2, 0.25) is 0 Å². The Morgan fingerprint density at radius 1 is 1.03 bits per heavy atom. The quantitative estimate of drug-likeness (QED) is 0.599. The van der Waals surface area contributed by atoms with E-state index in [0.717, 1.165) is 22.0 Å². The predicted octanol–water partition coefficient (Wildman–Crippen LogP) is 3.45. The lowest BCUT2D eigenvalue weighted by Crippen LogP contribution is -2.38. The summed E-state index contributed by atoms with van der Waals surface area (Å²) in [6, 6.07) is 11.9. The first-order chi connectivity index (χ1) is 15.3. The Balaban J connectivity index is 2.13. The molecule has 0 radical (unpaired) electrons. The van der Waals surface area contributed by atoms with E-state index in [9.17, 15) is 24.1 Å². The first kappa shape index (κ1) is 21.8.